The van der Waals surface area contributed by atoms with Gasteiger partial charge in [-0.3, -0.25) is 4.79 Å². The fourth-order valence-corrected chi connectivity index (χ4v) is 1.79. The smallest absolute Gasteiger partial charge is 0.227 e. The minimum atomic E-state index is -0.118. The number of carbonyl (C=O) groups is 1. The van der Waals surface area contributed by atoms with E-state index in [1.165, 1.54) is 0 Å². The van der Waals surface area contributed by atoms with E-state index in [4.69, 9.17) is 0 Å². The van der Waals surface area contributed by atoms with Gasteiger partial charge in [0.25, 0.3) is 0 Å². The lowest BCUT2D eigenvalue weighted by Gasteiger charge is -2.12. The standard InChI is InChI=1S/C14H17N3O/c1-11(12-5-3-2-4-6-12)14(18)16-8-7-13-9-15-10-17-13/h2-6,9-11H,7-8H2,1H3,(H,15,17)(H,16,18)/t11-/m0/s1. The molecule has 1 aromatic carbocycles. The molecule has 2 rings (SSSR count). The topological polar surface area (TPSA) is 57.8 Å². The van der Waals surface area contributed by atoms with Gasteiger partial charge >= 0.3 is 0 Å². The van der Waals surface area contributed by atoms with Crippen LogP contribution < -0.4 is 5.32 Å². The molecule has 2 aromatic rings. The number of hydrogen-bond donors (Lipinski definition) is 2. The lowest BCUT2D eigenvalue weighted by molar-refractivity contribution is -0.122. The minimum Gasteiger partial charge on any atom is -0.355 e. The summed E-state index contributed by atoms with van der Waals surface area (Å²) >= 11 is 0. The van der Waals surface area contributed by atoms with Crippen molar-refractivity contribution in [1.29, 1.82) is 0 Å². The molecule has 1 amide bonds. The number of benzene rings is 1. The maximum Gasteiger partial charge on any atom is 0.227 e. The Morgan fingerprint density at radius 1 is 1.39 bits per heavy atom. The van der Waals surface area contributed by atoms with E-state index in [-0.39, 0.29) is 11.8 Å². The van der Waals surface area contributed by atoms with Crippen molar-refractivity contribution < 1.29 is 4.79 Å². The van der Waals surface area contributed by atoms with Crippen molar-refractivity contribution in [2.75, 3.05) is 6.54 Å². The van der Waals surface area contributed by atoms with E-state index < -0.39 is 0 Å². The van der Waals surface area contributed by atoms with Crippen molar-refractivity contribution in [1.82, 2.24) is 15.3 Å². The third-order valence-electron chi connectivity index (χ3n) is 2.94. The van der Waals surface area contributed by atoms with Gasteiger partial charge in [0.1, 0.15) is 0 Å². The van der Waals surface area contributed by atoms with E-state index in [0.29, 0.717) is 6.54 Å². The highest BCUT2D eigenvalue weighted by Crippen LogP contribution is 2.14. The van der Waals surface area contributed by atoms with E-state index in [1.807, 2.05) is 37.3 Å². The number of aromatic nitrogens is 2. The molecule has 0 saturated heterocycles. The molecule has 94 valence electrons. The van der Waals surface area contributed by atoms with Gasteiger partial charge in [0.2, 0.25) is 5.91 Å². The number of aromatic amines is 1. The van der Waals surface area contributed by atoms with Gasteiger partial charge in [0.05, 0.1) is 12.2 Å². The van der Waals surface area contributed by atoms with Gasteiger partial charge in [0.15, 0.2) is 0 Å². The molecule has 1 atom stereocenters. The Kier molecular flexibility index (Phi) is 4.12. The van der Waals surface area contributed by atoms with Crippen LogP contribution in [0.4, 0.5) is 0 Å². The molecule has 0 unspecified atom stereocenters. The van der Waals surface area contributed by atoms with Crippen molar-refractivity contribution in [3.63, 3.8) is 0 Å². The van der Waals surface area contributed by atoms with Gasteiger partial charge in [0, 0.05) is 24.9 Å². The van der Waals surface area contributed by atoms with Gasteiger partial charge in [-0.15, -0.1) is 0 Å². The number of nitrogens with one attached hydrogen (secondary N) is 2. The van der Waals surface area contributed by atoms with Gasteiger partial charge in [-0.05, 0) is 12.5 Å². The molecule has 4 nitrogen and oxygen atoms in total. The van der Waals surface area contributed by atoms with Gasteiger partial charge in [-0.1, -0.05) is 30.3 Å². The summed E-state index contributed by atoms with van der Waals surface area (Å²) in [7, 11) is 0. The highest BCUT2D eigenvalue weighted by Gasteiger charge is 2.13. The Morgan fingerprint density at radius 3 is 2.83 bits per heavy atom. The number of amides is 1. The van der Waals surface area contributed by atoms with Crippen LogP contribution >= 0.6 is 0 Å². The number of nitrogens with zero attached hydrogens (tertiary/aromatic N) is 1. The second-order valence-electron chi connectivity index (χ2n) is 4.25. The van der Waals surface area contributed by atoms with Crippen LogP contribution in [-0.2, 0) is 11.2 Å². The third-order valence-corrected chi connectivity index (χ3v) is 2.94. The summed E-state index contributed by atoms with van der Waals surface area (Å²) in [5.41, 5.74) is 2.07. The zero-order valence-corrected chi connectivity index (χ0v) is 10.4. The molecule has 18 heavy (non-hydrogen) atoms. The molecule has 0 bridgehead atoms. The Bertz CT molecular complexity index is 479. The molecule has 0 radical (unpaired) electrons. The molecule has 0 aliphatic carbocycles. The Balaban J connectivity index is 1.81. The summed E-state index contributed by atoms with van der Waals surface area (Å²) in [4.78, 5) is 18.9. The predicted octanol–water partition coefficient (Wildman–Crippen LogP) is 1.87. The molecule has 1 aromatic heterocycles. The second-order valence-corrected chi connectivity index (χ2v) is 4.25. The van der Waals surface area contributed by atoms with Crippen LogP contribution in [-0.4, -0.2) is 22.4 Å². The molecule has 0 aliphatic heterocycles. The van der Waals surface area contributed by atoms with Gasteiger partial charge in [-0.25, -0.2) is 4.98 Å². The predicted molar refractivity (Wildman–Crippen MR) is 70.2 cm³/mol. The summed E-state index contributed by atoms with van der Waals surface area (Å²) < 4.78 is 0. The van der Waals surface area contributed by atoms with Crippen molar-refractivity contribution in [2.45, 2.75) is 19.3 Å². The van der Waals surface area contributed by atoms with Crippen LogP contribution in [0.5, 0.6) is 0 Å². The first-order valence-corrected chi connectivity index (χ1v) is 6.07. The van der Waals surface area contributed by atoms with E-state index >= 15 is 0 Å². The molecular formula is C14H17N3O. The molecule has 2 N–H and O–H groups in total. The summed E-state index contributed by atoms with van der Waals surface area (Å²) in [5, 5.41) is 2.93. The summed E-state index contributed by atoms with van der Waals surface area (Å²) in [5.74, 6) is -0.0614. The highest BCUT2D eigenvalue weighted by atomic mass is 16.1. The first-order valence-electron chi connectivity index (χ1n) is 6.07. The monoisotopic (exact) mass is 243 g/mol. The average molecular weight is 243 g/mol. The van der Waals surface area contributed by atoms with Crippen molar-refractivity contribution in [3.05, 3.63) is 54.1 Å². The molecule has 1 heterocycles. The van der Waals surface area contributed by atoms with Crippen LogP contribution in [0.25, 0.3) is 0 Å². The van der Waals surface area contributed by atoms with Crippen LogP contribution in [0.1, 0.15) is 24.1 Å². The molecule has 4 heteroatoms. The fraction of sp³-hybridized carbons (Fsp3) is 0.286. The normalized spacial score (nSPS) is 12.1. The Morgan fingerprint density at radius 2 is 2.17 bits per heavy atom. The van der Waals surface area contributed by atoms with E-state index in [2.05, 4.69) is 15.3 Å². The third kappa shape index (κ3) is 3.20. The maximum absolute atomic E-state index is 11.9. The Labute approximate surface area is 106 Å². The van der Waals surface area contributed by atoms with Crippen LogP contribution in [0, 0.1) is 0 Å². The van der Waals surface area contributed by atoms with Gasteiger partial charge < -0.3 is 10.3 Å². The van der Waals surface area contributed by atoms with E-state index in [1.54, 1.807) is 12.5 Å². The van der Waals surface area contributed by atoms with E-state index in [0.717, 1.165) is 17.7 Å². The summed E-state index contributed by atoms with van der Waals surface area (Å²) in [6, 6.07) is 9.79. The fourth-order valence-electron chi connectivity index (χ4n) is 1.79. The van der Waals surface area contributed by atoms with Crippen LogP contribution in [0.2, 0.25) is 0 Å². The lowest BCUT2D eigenvalue weighted by Crippen LogP contribution is -2.29. The van der Waals surface area contributed by atoms with Crippen LogP contribution in [0.3, 0.4) is 0 Å². The number of hydrogen-bond acceptors (Lipinski definition) is 2. The first-order chi connectivity index (χ1) is 8.77. The maximum atomic E-state index is 11.9. The largest absolute Gasteiger partial charge is 0.355 e. The molecule has 0 aliphatic rings. The summed E-state index contributed by atoms with van der Waals surface area (Å²) in [6.45, 7) is 2.54. The number of rotatable bonds is 5. The second kappa shape index (κ2) is 6.00. The SMILES string of the molecule is C[C@H](C(=O)NCCc1cnc[nH]1)c1ccccc1. The van der Waals surface area contributed by atoms with Crippen molar-refractivity contribution in [3.8, 4) is 0 Å². The molecule has 0 spiro atoms. The number of imidazole rings is 1. The zero-order chi connectivity index (χ0) is 12.8. The number of H-pyrrole nitrogens is 1. The minimum absolute atomic E-state index is 0.0562. The first kappa shape index (κ1) is 12.4. The molecule has 0 saturated carbocycles. The lowest BCUT2D eigenvalue weighted by atomic mass is 10.0. The van der Waals surface area contributed by atoms with Gasteiger partial charge in [-0.2, -0.15) is 0 Å². The number of carbonyl (C=O) groups excluding carboxylic acids is 1. The molecular weight excluding hydrogens is 226 g/mol. The van der Waals surface area contributed by atoms with Crippen LogP contribution in [0.15, 0.2) is 42.9 Å². The highest BCUT2D eigenvalue weighted by molar-refractivity contribution is 5.83. The molecule has 0 fully saturated rings. The van der Waals surface area contributed by atoms with E-state index in [9.17, 15) is 4.79 Å². The quantitative estimate of drug-likeness (QED) is 0.842. The zero-order valence-electron chi connectivity index (χ0n) is 10.4. The average Bonchev–Trinajstić information content (AvgIpc) is 2.92. The van der Waals surface area contributed by atoms with Crippen molar-refractivity contribution >= 4 is 5.91 Å². The van der Waals surface area contributed by atoms with Crippen molar-refractivity contribution in [2.24, 2.45) is 0 Å². The summed E-state index contributed by atoms with van der Waals surface area (Å²) in [6.07, 6.45) is 4.18. The Hall–Kier alpha value is -2.10.